The highest BCUT2D eigenvalue weighted by Crippen LogP contribution is 2.31. The number of benzene rings is 1. The highest BCUT2D eigenvalue weighted by atomic mass is 35.5. The molecule has 2 nitrogen and oxygen atoms in total. The van der Waals surface area contributed by atoms with Crippen molar-refractivity contribution in [2.24, 2.45) is 0 Å². The molecule has 2 rings (SSSR count). The van der Waals surface area contributed by atoms with Crippen LogP contribution in [0.4, 0.5) is 0 Å². The van der Waals surface area contributed by atoms with E-state index in [-0.39, 0.29) is 0 Å². The van der Waals surface area contributed by atoms with Gasteiger partial charge in [0.1, 0.15) is 0 Å². The first-order chi connectivity index (χ1) is 8.06. The molecule has 92 valence electrons. The molecule has 0 aliphatic rings. The van der Waals surface area contributed by atoms with Gasteiger partial charge in [0.05, 0.1) is 11.0 Å². The molecule has 1 aromatic heterocycles. The lowest BCUT2D eigenvalue weighted by Crippen LogP contribution is -2.00. The van der Waals surface area contributed by atoms with E-state index >= 15 is 0 Å². The van der Waals surface area contributed by atoms with Gasteiger partial charge in [-0.15, -0.1) is 0 Å². The molecule has 0 fully saturated rings. The lowest BCUT2D eigenvalue weighted by atomic mass is 9.97. The van der Waals surface area contributed by atoms with Crippen molar-refractivity contribution in [2.45, 2.75) is 46.1 Å². The Hall–Kier alpha value is -1.02. The number of rotatable bonds is 3. The summed E-state index contributed by atoms with van der Waals surface area (Å²) in [6.45, 7) is 8.69. The summed E-state index contributed by atoms with van der Waals surface area (Å²) in [6.07, 6.45) is 1.12. The molecule has 0 saturated carbocycles. The zero-order chi connectivity index (χ0) is 12.6. The van der Waals surface area contributed by atoms with E-state index in [9.17, 15) is 0 Å². The molecule has 1 unspecified atom stereocenters. The highest BCUT2D eigenvalue weighted by molar-refractivity contribution is 6.29. The van der Waals surface area contributed by atoms with E-state index in [0.717, 1.165) is 17.5 Å². The van der Waals surface area contributed by atoms with Gasteiger partial charge < -0.3 is 4.57 Å². The van der Waals surface area contributed by atoms with Gasteiger partial charge in [0.25, 0.3) is 0 Å². The van der Waals surface area contributed by atoms with Crippen LogP contribution >= 0.6 is 11.6 Å². The SMILES string of the molecule is CCC(C)c1cccc2c1nc(Cl)n2C(C)C. The third-order valence-electron chi connectivity index (χ3n) is 3.37. The smallest absolute Gasteiger partial charge is 0.204 e. The summed E-state index contributed by atoms with van der Waals surface area (Å²) < 4.78 is 2.09. The maximum atomic E-state index is 6.23. The van der Waals surface area contributed by atoms with Gasteiger partial charge in [0.15, 0.2) is 0 Å². The van der Waals surface area contributed by atoms with E-state index in [4.69, 9.17) is 11.6 Å². The van der Waals surface area contributed by atoms with Gasteiger partial charge in [-0.1, -0.05) is 26.0 Å². The average Bonchev–Trinajstić information content (AvgIpc) is 2.63. The fourth-order valence-electron chi connectivity index (χ4n) is 2.22. The molecule has 0 amide bonds. The van der Waals surface area contributed by atoms with Crippen molar-refractivity contribution in [1.82, 2.24) is 9.55 Å². The van der Waals surface area contributed by atoms with E-state index in [0.29, 0.717) is 17.2 Å². The number of aromatic nitrogens is 2. The van der Waals surface area contributed by atoms with Crippen molar-refractivity contribution in [2.75, 3.05) is 0 Å². The average molecular weight is 251 g/mol. The summed E-state index contributed by atoms with van der Waals surface area (Å²) in [4.78, 5) is 4.53. The molecule has 1 aromatic carbocycles. The Balaban J connectivity index is 2.71. The van der Waals surface area contributed by atoms with Gasteiger partial charge in [0.2, 0.25) is 5.28 Å². The van der Waals surface area contributed by atoms with Gasteiger partial charge >= 0.3 is 0 Å². The van der Waals surface area contributed by atoms with Crippen LogP contribution in [0.15, 0.2) is 18.2 Å². The monoisotopic (exact) mass is 250 g/mol. The van der Waals surface area contributed by atoms with Gasteiger partial charge in [-0.05, 0) is 49.4 Å². The molecule has 0 spiro atoms. The molecule has 1 atom stereocenters. The maximum Gasteiger partial charge on any atom is 0.204 e. The second kappa shape index (κ2) is 4.69. The molecule has 0 aliphatic carbocycles. The van der Waals surface area contributed by atoms with Crippen molar-refractivity contribution in [3.05, 3.63) is 29.0 Å². The summed E-state index contributed by atoms with van der Waals surface area (Å²) in [5.74, 6) is 0.519. The van der Waals surface area contributed by atoms with Crippen molar-refractivity contribution < 1.29 is 0 Å². The van der Waals surface area contributed by atoms with Gasteiger partial charge in [-0.2, -0.15) is 0 Å². The number of fused-ring (bicyclic) bond motifs is 1. The first kappa shape index (κ1) is 12.4. The fraction of sp³-hybridized carbons (Fsp3) is 0.500. The number of imidazole rings is 1. The molecular formula is C14H19ClN2. The predicted octanol–water partition coefficient (Wildman–Crippen LogP) is 4.78. The van der Waals surface area contributed by atoms with Crippen LogP contribution in [-0.4, -0.2) is 9.55 Å². The molecule has 0 radical (unpaired) electrons. The molecule has 0 aliphatic heterocycles. The largest absolute Gasteiger partial charge is 0.312 e. The Kier molecular flexibility index (Phi) is 3.43. The van der Waals surface area contributed by atoms with E-state index < -0.39 is 0 Å². The van der Waals surface area contributed by atoms with Crippen LogP contribution in [0.1, 0.15) is 51.6 Å². The Morgan fingerprint density at radius 3 is 2.59 bits per heavy atom. The predicted molar refractivity (Wildman–Crippen MR) is 73.8 cm³/mol. The molecule has 0 bridgehead atoms. The van der Waals surface area contributed by atoms with E-state index in [2.05, 4.69) is 55.4 Å². The van der Waals surface area contributed by atoms with Crippen molar-refractivity contribution >= 4 is 22.6 Å². The van der Waals surface area contributed by atoms with Crippen LogP contribution in [0.3, 0.4) is 0 Å². The second-order valence-corrected chi connectivity index (χ2v) is 5.21. The molecule has 0 saturated heterocycles. The van der Waals surface area contributed by atoms with E-state index in [1.54, 1.807) is 0 Å². The molecule has 3 heteroatoms. The Labute approximate surface area is 108 Å². The number of hydrogen-bond acceptors (Lipinski definition) is 1. The number of nitrogens with zero attached hydrogens (tertiary/aromatic N) is 2. The van der Waals surface area contributed by atoms with Crippen LogP contribution in [0.5, 0.6) is 0 Å². The van der Waals surface area contributed by atoms with Gasteiger partial charge in [-0.25, -0.2) is 4.98 Å². The normalized spacial score (nSPS) is 13.5. The topological polar surface area (TPSA) is 17.8 Å². The summed E-state index contributed by atoms with van der Waals surface area (Å²) in [5, 5.41) is 0.589. The summed E-state index contributed by atoms with van der Waals surface area (Å²) in [6, 6.07) is 6.69. The molecule has 17 heavy (non-hydrogen) atoms. The first-order valence-electron chi connectivity index (χ1n) is 6.22. The Morgan fingerprint density at radius 1 is 1.29 bits per heavy atom. The van der Waals surface area contributed by atoms with E-state index in [1.807, 2.05) is 0 Å². The molecule has 0 N–H and O–H groups in total. The van der Waals surface area contributed by atoms with Crippen LogP contribution < -0.4 is 0 Å². The molecule has 2 aromatic rings. The van der Waals surface area contributed by atoms with Crippen LogP contribution in [-0.2, 0) is 0 Å². The maximum absolute atomic E-state index is 6.23. The van der Waals surface area contributed by atoms with Crippen molar-refractivity contribution in [3.63, 3.8) is 0 Å². The van der Waals surface area contributed by atoms with Gasteiger partial charge in [-0.3, -0.25) is 0 Å². The minimum atomic E-state index is 0.333. The fourth-order valence-corrected chi connectivity index (χ4v) is 2.59. The van der Waals surface area contributed by atoms with E-state index in [1.165, 1.54) is 5.56 Å². The van der Waals surface area contributed by atoms with Gasteiger partial charge in [0, 0.05) is 6.04 Å². The molecule has 1 heterocycles. The Morgan fingerprint density at radius 2 is 2.00 bits per heavy atom. The summed E-state index contributed by atoms with van der Waals surface area (Å²) in [7, 11) is 0. The minimum Gasteiger partial charge on any atom is -0.312 e. The lowest BCUT2D eigenvalue weighted by molar-refractivity contribution is 0.618. The quantitative estimate of drug-likeness (QED) is 0.766. The first-order valence-corrected chi connectivity index (χ1v) is 6.60. The summed E-state index contributed by atoms with van der Waals surface area (Å²) in [5.41, 5.74) is 3.50. The van der Waals surface area contributed by atoms with Crippen LogP contribution in [0.25, 0.3) is 11.0 Å². The third kappa shape index (κ3) is 2.06. The van der Waals surface area contributed by atoms with Crippen LogP contribution in [0, 0.1) is 0 Å². The number of hydrogen-bond donors (Lipinski definition) is 0. The standard InChI is InChI=1S/C14H19ClN2/c1-5-10(4)11-7-6-8-12-13(11)16-14(15)17(12)9(2)3/h6-10H,5H2,1-4H3. The lowest BCUT2D eigenvalue weighted by Gasteiger charge is -2.12. The second-order valence-electron chi connectivity index (χ2n) is 4.87. The summed E-state index contributed by atoms with van der Waals surface area (Å²) >= 11 is 6.23. The third-order valence-corrected chi connectivity index (χ3v) is 3.63. The van der Waals surface area contributed by atoms with Crippen LogP contribution in [0.2, 0.25) is 5.28 Å². The van der Waals surface area contributed by atoms with Crippen molar-refractivity contribution in [3.8, 4) is 0 Å². The minimum absolute atomic E-state index is 0.333. The Bertz CT molecular complexity index is 528. The number of halogens is 1. The van der Waals surface area contributed by atoms with Crippen molar-refractivity contribution in [1.29, 1.82) is 0 Å². The zero-order valence-electron chi connectivity index (χ0n) is 10.9. The number of para-hydroxylation sites is 1. The highest BCUT2D eigenvalue weighted by Gasteiger charge is 2.16. The zero-order valence-corrected chi connectivity index (χ0v) is 11.6. The molecular weight excluding hydrogens is 232 g/mol.